The van der Waals surface area contributed by atoms with Crippen LogP contribution in [-0.2, 0) is 9.53 Å². The third-order valence-electron chi connectivity index (χ3n) is 1.69. The highest BCUT2D eigenvalue weighted by molar-refractivity contribution is 7.19. The predicted octanol–water partition coefficient (Wildman–Crippen LogP) is 3.12. The van der Waals surface area contributed by atoms with Gasteiger partial charge in [0.25, 0.3) is 0 Å². The van der Waals surface area contributed by atoms with Crippen molar-refractivity contribution in [2.24, 2.45) is 5.92 Å². The lowest BCUT2D eigenvalue weighted by Gasteiger charge is -2.20. The second-order valence-electron chi connectivity index (χ2n) is 4.37. The average molecular weight is 235 g/mol. The van der Waals surface area contributed by atoms with E-state index >= 15 is 0 Å². The molecule has 0 aromatic carbocycles. The quantitative estimate of drug-likeness (QED) is 0.316. The van der Waals surface area contributed by atoms with Gasteiger partial charge < -0.3 is 4.74 Å². The molecule has 82 valence electrons. The summed E-state index contributed by atoms with van der Waals surface area (Å²) in [5.74, 6) is 0.209. The molecule has 0 heterocycles. The van der Waals surface area contributed by atoms with E-state index in [1.165, 1.54) is 0 Å². The number of carbonyl (C=O) groups excluding carboxylic acids is 1. The molecule has 0 saturated carbocycles. The van der Waals surface area contributed by atoms with E-state index in [0.29, 0.717) is 17.7 Å². The molecule has 0 amide bonds. The Hall–Kier alpha value is -0.283. The fourth-order valence-corrected chi connectivity index (χ4v) is 4.59. The first-order valence-electron chi connectivity index (χ1n) is 4.76. The highest BCUT2D eigenvalue weighted by Crippen LogP contribution is 2.21. The van der Waals surface area contributed by atoms with Gasteiger partial charge in [-0.05, 0) is 18.9 Å². The van der Waals surface area contributed by atoms with Crippen LogP contribution in [0.3, 0.4) is 0 Å². The Balaban J connectivity index is 3.98. The molecule has 0 aliphatic carbocycles. The Morgan fingerprint density at radius 2 is 2.07 bits per heavy atom. The van der Waals surface area contributed by atoms with E-state index in [1.807, 2.05) is 6.55 Å². The van der Waals surface area contributed by atoms with Crippen LogP contribution in [0.15, 0.2) is 12.2 Å². The largest absolute Gasteiger partial charge is 0.465 e. The Bertz CT molecular complexity index is 224. The van der Waals surface area contributed by atoms with Gasteiger partial charge in [-0.25, -0.2) is 4.79 Å². The molecule has 0 N–H and O–H groups in total. The molecule has 0 aromatic heterocycles. The first-order chi connectivity index (χ1) is 6.24. The summed E-state index contributed by atoms with van der Waals surface area (Å²) in [6, 6.07) is 0.956. The van der Waals surface area contributed by atoms with E-state index in [4.69, 9.17) is 15.8 Å². The van der Waals surface area contributed by atoms with Gasteiger partial charge in [-0.1, -0.05) is 27.0 Å². The number of esters is 1. The Morgan fingerprint density at radius 1 is 1.57 bits per heavy atom. The number of halogens is 1. The lowest BCUT2D eigenvalue weighted by atomic mass is 10.3. The molecule has 4 heteroatoms. The van der Waals surface area contributed by atoms with E-state index in [1.54, 1.807) is 6.92 Å². The maximum atomic E-state index is 11.1. The van der Waals surface area contributed by atoms with Crippen LogP contribution in [0.5, 0.6) is 0 Å². The number of hydrogen-bond acceptors (Lipinski definition) is 2. The minimum atomic E-state index is -1.89. The highest BCUT2D eigenvalue weighted by Gasteiger charge is 2.27. The summed E-state index contributed by atoms with van der Waals surface area (Å²) in [6.07, 6.45) is 0.373. The van der Waals surface area contributed by atoms with Crippen molar-refractivity contribution in [3.8, 4) is 0 Å². The summed E-state index contributed by atoms with van der Waals surface area (Å²) in [5, 5.41) is 0. The van der Waals surface area contributed by atoms with Crippen molar-refractivity contribution in [1.29, 1.82) is 0 Å². The molecule has 0 fully saturated rings. The first kappa shape index (κ1) is 13.7. The topological polar surface area (TPSA) is 26.3 Å². The third-order valence-corrected chi connectivity index (χ3v) is 4.89. The molecule has 2 nitrogen and oxygen atoms in total. The van der Waals surface area contributed by atoms with E-state index in [2.05, 4.69) is 20.4 Å². The first-order valence-corrected chi connectivity index (χ1v) is 8.69. The minimum absolute atomic E-state index is 0.340. The molecule has 0 aliphatic heterocycles. The van der Waals surface area contributed by atoms with Crippen molar-refractivity contribution in [1.82, 2.24) is 0 Å². The molecule has 0 bridgehead atoms. The van der Waals surface area contributed by atoms with Crippen LogP contribution in [0, 0.1) is 5.92 Å². The second kappa shape index (κ2) is 5.56. The minimum Gasteiger partial charge on any atom is -0.465 e. The summed E-state index contributed by atoms with van der Waals surface area (Å²) >= 11 is 6.31. The van der Waals surface area contributed by atoms with E-state index in [9.17, 15) is 4.79 Å². The molecular formula is C10H19ClO2Si. The van der Waals surface area contributed by atoms with Crippen molar-refractivity contribution in [3.05, 3.63) is 12.2 Å². The van der Waals surface area contributed by atoms with Gasteiger partial charge in [-0.3, -0.25) is 0 Å². The fourth-order valence-electron chi connectivity index (χ4n) is 1.25. The van der Waals surface area contributed by atoms with Crippen LogP contribution in [0.25, 0.3) is 0 Å². The van der Waals surface area contributed by atoms with E-state index in [0.717, 1.165) is 6.04 Å². The molecule has 14 heavy (non-hydrogen) atoms. The van der Waals surface area contributed by atoms with Gasteiger partial charge in [-0.15, -0.1) is 0 Å². The molecule has 0 radical (unpaired) electrons. The van der Waals surface area contributed by atoms with Crippen molar-refractivity contribution in [2.75, 3.05) is 6.23 Å². The fraction of sp³-hybridized carbons (Fsp3) is 0.700. The Morgan fingerprint density at radius 3 is 2.43 bits per heavy atom. The zero-order valence-corrected chi connectivity index (χ0v) is 11.1. The lowest BCUT2D eigenvalue weighted by Crippen LogP contribution is -2.33. The SMILES string of the molecule is C=C(C)C(=O)OC[Si](C)(Cl)CC(C)C. The van der Waals surface area contributed by atoms with Gasteiger partial charge in [0.15, 0.2) is 7.38 Å². The molecule has 1 unspecified atom stereocenters. The van der Waals surface area contributed by atoms with Gasteiger partial charge in [0.2, 0.25) is 0 Å². The molecule has 0 aliphatic rings. The summed E-state index contributed by atoms with van der Waals surface area (Å²) in [6.45, 7) is 11.4. The van der Waals surface area contributed by atoms with Crippen molar-refractivity contribution < 1.29 is 9.53 Å². The summed E-state index contributed by atoms with van der Waals surface area (Å²) in [5.41, 5.74) is 0.427. The van der Waals surface area contributed by atoms with Crippen molar-refractivity contribution in [3.63, 3.8) is 0 Å². The number of carbonyl (C=O) groups is 1. The third kappa shape index (κ3) is 6.21. The smallest absolute Gasteiger partial charge is 0.332 e. The predicted molar refractivity (Wildman–Crippen MR) is 62.9 cm³/mol. The van der Waals surface area contributed by atoms with E-state index in [-0.39, 0.29) is 5.97 Å². The van der Waals surface area contributed by atoms with Gasteiger partial charge in [0.05, 0.1) is 6.23 Å². The molecule has 0 spiro atoms. The standard InChI is InChI=1S/C10H19ClO2Si/c1-8(2)6-14(5,11)7-13-10(12)9(3)4/h8H,3,6-7H2,1-2,4-5H3. The molecule has 0 rings (SSSR count). The van der Waals surface area contributed by atoms with Crippen LogP contribution < -0.4 is 0 Å². The summed E-state index contributed by atoms with van der Waals surface area (Å²) in [7, 11) is -1.89. The highest BCUT2D eigenvalue weighted by atomic mass is 35.6. The van der Waals surface area contributed by atoms with Crippen LogP contribution >= 0.6 is 11.1 Å². The zero-order chi connectivity index (χ0) is 11.4. The van der Waals surface area contributed by atoms with Gasteiger partial charge >= 0.3 is 5.97 Å². The molecular weight excluding hydrogens is 216 g/mol. The van der Waals surface area contributed by atoms with Crippen LogP contribution in [-0.4, -0.2) is 19.6 Å². The Kier molecular flexibility index (Phi) is 5.45. The van der Waals surface area contributed by atoms with Gasteiger partial charge in [0.1, 0.15) is 0 Å². The second-order valence-corrected chi connectivity index (χ2v) is 10.6. The van der Waals surface area contributed by atoms with Gasteiger partial charge in [0, 0.05) is 5.57 Å². The Labute approximate surface area is 92.0 Å². The van der Waals surface area contributed by atoms with Crippen LogP contribution in [0.1, 0.15) is 20.8 Å². The monoisotopic (exact) mass is 234 g/mol. The summed E-state index contributed by atoms with van der Waals surface area (Å²) < 4.78 is 5.06. The lowest BCUT2D eigenvalue weighted by molar-refractivity contribution is -0.137. The summed E-state index contributed by atoms with van der Waals surface area (Å²) in [4.78, 5) is 11.1. The normalized spacial score (nSPS) is 15.0. The molecule has 0 aromatic rings. The van der Waals surface area contributed by atoms with Crippen molar-refractivity contribution >= 4 is 24.4 Å². The van der Waals surface area contributed by atoms with Gasteiger partial charge in [-0.2, -0.15) is 11.1 Å². The maximum absolute atomic E-state index is 11.1. The molecule has 1 atom stereocenters. The number of ether oxygens (including phenoxy) is 1. The van der Waals surface area contributed by atoms with Crippen molar-refractivity contribution in [2.45, 2.75) is 33.4 Å². The average Bonchev–Trinajstić information content (AvgIpc) is 1.97. The maximum Gasteiger partial charge on any atom is 0.332 e. The van der Waals surface area contributed by atoms with Crippen LogP contribution in [0.4, 0.5) is 0 Å². The number of rotatable bonds is 5. The number of hydrogen-bond donors (Lipinski definition) is 0. The molecule has 0 saturated heterocycles. The van der Waals surface area contributed by atoms with Crippen LogP contribution in [0.2, 0.25) is 12.6 Å². The van der Waals surface area contributed by atoms with E-state index < -0.39 is 7.38 Å². The zero-order valence-electron chi connectivity index (χ0n) is 9.39.